The van der Waals surface area contributed by atoms with Crippen LogP contribution >= 0.6 is 0 Å². The number of rotatable bonds is 8. The van der Waals surface area contributed by atoms with Crippen molar-refractivity contribution in [3.05, 3.63) is 207 Å². The van der Waals surface area contributed by atoms with E-state index in [0.717, 1.165) is 11.1 Å². The molecule has 0 amide bonds. The van der Waals surface area contributed by atoms with Crippen molar-refractivity contribution in [3.63, 3.8) is 0 Å². The quantitative estimate of drug-likeness (QED) is 0.0372. The van der Waals surface area contributed by atoms with Gasteiger partial charge in [-0.25, -0.2) is 87.8 Å². The topological polar surface area (TPSA) is 20.9 Å². The molecule has 2 nitrogen and oxygen atoms in total. The van der Waals surface area contributed by atoms with Gasteiger partial charge in [-0.05, 0) is 11.1 Å². The zero-order valence-corrected chi connectivity index (χ0v) is 31.8. The molecule has 0 saturated heterocycles. The van der Waals surface area contributed by atoms with Crippen molar-refractivity contribution in [2.24, 2.45) is 0 Å². The van der Waals surface area contributed by atoms with E-state index in [-0.39, 0.29) is 5.78 Å². The third kappa shape index (κ3) is 7.78. The van der Waals surface area contributed by atoms with Crippen LogP contribution in [-0.2, 0) is 6.54 Å². The number of benzene rings is 6. The van der Waals surface area contributed by atoms with Crippen LogP contribution in [0.4, 0.5) is 87.8 Å². The molecule has 0 bridgehead atoms. The number of carbonyl (C=O) groups excluding carboxylic acids is 1. The Balaban J connectivity index is 0.000000284. The van der Waals surface area contributed by atoms with E-state index in [1.165, 1.54) is 5.56 Å². The second-order valence-corrected chi connectivity index (χ2v) is 13.7. The minimum Gasteiger partial charge on any atom is -0.287 e. The number of halogens is 20. The van der Waals surface area contributed by atoms with Crippen molar-refractivity contribution in [2.45, 2.75) is 6.54 Å². The third-order valence-corrected chi connectivity index (χ3v) is 10.1. The fourth-order valence-electron chi connectivity index (χ4n) is 7.14. The van der Waals surface area contributed by atoms with Gasteiger partial charge in [-0.2, -0.15) is 4.57 Å². The molecule has 0 unspecified atom stereocenters. The van der Waals surface area contributed by atoms with Crippen LogP contribution in [0.25, 0.3) is 11.1 Å². The van der Waals surface area contributed by atoms with Gasteiger partial charge in [0, 0.05) is 17.7 Å². The van der Waals surface area contributed by atoms with Gasteiger partial charge < -0.3 is 0 Å². The van der Waals surface area contributed by atoms with Gasteiger partial charge in [0.05, 0.1) is 0 Å². The zero-order valence-electron chi connectivity index (χ0n) is 31.8. The summed E-state index contributed by atoms with van der Waals surface area (Å²) >= 11 is 0. The van der Waals surface area contributed by atoms with Crippen molar-refractivity contribution < 1.29 is 97.2 Å². The van der Waals surface area contributed by atoms with Crippen LogP contribution in [0.15, 0.2) is 85.2 Å². The zero-order chi connectivity index (χ0) is 48.8. The maximum Gasteiger partial charge on any atom is 0.227 e. The number of hydrogen-bond donors (Lipinski definition) is 0. The number of ketones is 1. The highest BCUT2D eigenvalue weighted by atomic mass is 19.2. The fraction of sp³-hybridized carbons (Fsp3) is 0.0233. The molecule has 0 N–H and O–H groups in total. The summed E-state index contributed by atoms with van der Waals surface area (Å²) in [6.07, 6.45) is -3.32. The van der Waals surface area contributed by atoms with Gasteiger partial charge in [0.2, 0.25) is 12.3 Å². The van der Waals surface area contributed by atoms with Crippen LogP contribution in [0.5, 0.6) is 0 Å². The molecule has 0 aliphatic rings. The lowest BCUT2D eigenvalue weighted by Crippen LogP contribution is -2.81. The van der Waals surface area contributed by atoms with Crippen LogP contribution < -0.4 is 26.4 Å². The van der Waals surface area contributed by atoms with E-state index in [2.05, 4.69) is 12.1 Å². The Bertz CT molecular complexity index is 2680. The molecule has 0 aliphatic carbocycles. The Morgan fingerprint density at radius 2 is 0.545 bits per heavy atom. The van der Waals surface area contributed by atoms with Crippen molar-refractivity contribution in [2.75, 3.05) is 0 Å². The van der Waals surface area contributed by atoms with Crippen LogP contribution in [0.2, 0.25) is 0 Å². The number of pyridine rings is 1. The summed E-state index contributed by atoms with van der Waals surface area (Å²) in [6.45, 7) is 0.360. The van der Waals surface area contributed by atoms with E-state index >= 15 is 35.1 Å². The molecule has 0 atom stereocenters. The number of hydrogen-bond acceptors (Lipinski definition) is 1. The smallest absolute Gasteiger partial charge is 0.227 e. The van der Waals surface area contributed by atoms with Gasteiger partial charge >= 0.3 is 0 Å². The second kappa shape index (κ2) is 18.4. The molecule has 7 rings (SSSR count). The first-order valence-electron chi connectivity index (χ1n) is 17.9. The van der Waals surface area contributed by atoms with Gasteiger partial charge in [-0.3, -0.25) is 4.79 Å². The summed E-state index contributed by atoms with van der Waals surface area (Å²) < 4.78 is 296. The first-order chi connectivity index (χ1) is 31.0. The fourth-order valence-corrected chi connectivity index (χ4v) is 7.14. The summed E-state index contributed by atoms with van der Waals surface area (Å²) in [4.78, 5) is 12.1. The second-order valence-electron chi connectivity index (χ2n) is 13.7. The summed E-state index contributed by atoms with van der Waals surface area (Å²) in [5, 5.41) is 0. The Kier molecular flexibility index (Phi) is 13.4. The van der Waals surface area contributed by atoms with E-state index in [9.17, 15) is 57.5 Å². The maximum atomic E-state index is 15.4. The van der Waals surface area contributed by atoms with Gasteiger partial charge in [0.15, 0.2) is 82.2 Å². The largest absolute Gasteiger partial charge is 0.287 e. The number of carbonyl (C=O) groups is 1. The lowest BCUT2D eigenvalue weighted by Gasteiger charge is -2.44. The third-order valence-electron chi connectivity index (χ3n) is 10.1. The minimum absolute atomic E-state index is 0.119. The van der Waals surface area contributed by atoms with Gasteiger partial charge in [0.25, 0.3) is 0 Å². The Morgan fingerprint density at radius 1 is 0.318 bits per heavy atom. The molecule has 1 heterocycles. The SMILES string of the molecule is Fc1c(F)c(F)c([B-](c2c(F)c(F)c(F)c(F)c2F)(c2c(F)c(F)c(F)c(F)c2F)c2c(F)c(F)c(F)c(F)c2F)c(F)c1F.O=C(C[n+]1ccc(-c2ccccc2)cc1)c1ccccc1. The normalized spacial score (nSPS) is 11.5. The van der Waals surface area contributed by atoms with Crippen LogP contribution in [0.3, 0.4) is 0 Å². The van der Waals surface area contributed by atoms with Gasteiger partial charge in [0.1, 0.15) is 52.7 Å². The van der Waals surface area contributed by atoms with Crippen LogP contribution in [0, 0.1) is 116 Å². The monoisotopic (exact) mass is 953 g/mol. The standard InChI is InChI=1S/C24BF20.C19H16NO/c26-5-1(6(27)14(35)21(42)13(5)34)25(2-7(28)15(36)22(43)16(37)8(2)29,3-9(30)17(38)23(44)18(39)10(3)31)4-11(32)19(40)24(45)20(41)12(4)33;21-19(18-9-5-2-6-10-18)15-20-13-11-17(12-14-20)16-7-3-1-4-8-16/h;1-14H,15H2/q-1;+1. The molecule has 0 aliphatic heterocycles. The maximum absolute atomic E-state index is 15.4. The molecule has 0 spiro atoms. The molecule has 23 heteroatoms. The Labute approximate surface area is 355 Å². The first-order valence-corrected chi connectivity index (χ1v) is 17.9. The van der Waals surface area contributed by atoms with Crippen molar-refractivity contribution in [3.8, 4) is 11.1 Å². The molecule has 1 aromatic heterocycles. The van der Waals surface area contributed by atoms with Crippen molar-refractivity contribution in [1.29, 1.82) is 0 Å². The summed E-state index contributed by atoms with van der Waals surface area (Å²) in [6, 6.07) is 23.7. The predicted octanol–water partition coefficient (Wildman–Crippen LogP) is 9.37. The van der Waals surface area contributed by atoms with E-state index in [4.69, 9.17) is 0 Å². The molecule has 0 saturated carbocycles. The molecule has 0 fully saturated rings. The predicted molar refractivity (Wildman–Crippen MR) is 192 cm³/mol. The molecule has 66 heavy (non-hydrogen) atoms. The molecular formula is C43H16BF20NO. The number of aromatic nitrogens is 1. The average molecular weight is 953 g/mol. The highest BCUT2D eigenvalue weighted by Crippen LogP contribution is 2.31. The summed E-state index contributed by atoms with van der Waals surface area (Å²) in [7, 11) is 0. The van der Waals surface area contributed by atoms with Gasteiger partial charge in [-0.1, -0.05) is 60.7 Å². The van der Waals surface area contributed by atoms with Crippen molar-refractivity contribution >= 4 is 33.8 Å². The molecular weight excluding hydrogens is 937 g/mol. The highest BCUT2D eigenvalue weighted by Gasteiger charge is 2.52. The highest BCUT2D eigenvalue weighted by molar-refractivity contribution is 7.20. The van der Waals surface area contributed by atoms with Crippen LogP contribution in [-0.4, -0.2) is 11.9 Å². The van der Waals surface area contributed by atoms with E-state index in [1.54, 1.807) is 0 Å². The molecule has 0 radical (unpaired) electrons. The number of Topliss-reactive ketones (excluding diaryl/α,β-unsaturated/α-hetero) is 1. The molecule has 6 aromatic carbocycles. The summed E-state index contributed by atoms with van der Waals surface area (Å²) in [5.74, 6) is -71.3. The minimum atomic E-state index is -7.22. The average Bonchev–Trinajstić information content (AvgIpc) is 3.32. The molecule has 342 valence electrons. The summed E-state index contributed by atoms with van der Waals surface area (Å²) in [5.41, 5.74) is -11.3. The lowest BCUT2D eigenvalue weighted by molar-refractivity contribution is -0.683. The Morgan fingerprint density at radius 3 is 0.818 bits per heavy atom. The van der Waals surface area contributed by atoms with E-state index in [0.29, 0.717) is 6.54 Å². The van der Waals surface area contributed by atoms with Crippen molar-refractivity contribution in [1.82, 2.24) is 0 Å². The van der Waals surface area contributed by atoms with Crippen LogP contribution in [0.1, 0.15) is 10.4 Å². The first kappa shape index (κ1) is 48.3. The van der Waals surface area contributed by atoms with E-state index in [1.807, 2.05) is 77.6 Å². The molecule has 7 aromatic rings. The van der Waals surface area contributed by atoms with Gasteiger partial charge in [-0.15, -0.1) is 21.9 Å². The lowest BCUT2D eigenvalue weighted by atomic mass is 9.12. The Hall–Kier alpha value is -7.20. The van der Waals surface area contributed by atoms with E-state index < -0.39 is 144 Å². The number of nitrogens with zero attached hydrogens (tertiary/aromatic N) is 1.